The number of hydrogen-bond acceptors (Lipinski definition) is 3. The van der Waals surface area contributed by atoms with E-state index in [0.29, 0.717) is 13.0 Å². The van der Waals surface area contributed by atoms with Crippen LogP contribution in [0.25, 0.3) is 10.9 Å². The molecule has 0 bridgehead atoms. The summed E-state index contributed by atoms with van der Waals surface area (Å²) in [5.74, 6) is 0.0586. The Hall–Kier alpha value is -2.14. The summed E-state index contributed by atoms with van der Waals surface area (Å²) in [6.07, 6.45) is 3.23. The van der Waals surface area contributed by atoms with Gasteiger partial charge in [0.05, 0.1) is 17.1 Å². The van der Waals surface area contributed by atoms with Crippen molar-refractivity contribution < 1.29 is 4.79 Å². The highest BCUT2D eigenvalue weighted by atomic mass is 32.1. The lowest BCUT2D eigenvalue weighted by atomic mass is 10.1. The second-order valence-corrected chi connectivity index (χ2v) is 6.48. The van der Waals surface area contributed by atoms with E-state index in [1.165, 1.54) is 0 Å². The SMILES string of the molecule is Cc1nc(CCNC(=O)Cc2cn(C)c3ccccc23)cs1. The molecule has 0 aliphatic heterocycles. The molecular formula is C17H19N3OS. The average molecular weight is 313 g/mol. The number of para-hydroxylation sites is 1. The van der Waals surface area contributed by atoms with E-state index in [2.05, 4.69) is 27.0 Å². The van der Waals surface area contributed by atoms with Crippen molar-refractivity contribution in [1.82, 2.24) is 14.9 Å². The molecule has 1 aromatic carbocycles. The lowest BCUT2D eigenvalue weighted by Crippen LogP contribution is -2.27. The summed E-state index contributed by atoms with van der Waals surface area (Å²) in [5, 5.41) is 7.24. The molecule has 114 valence electrons. The molecule has 4 nitrogen and oxygen atoms in total. The molecule has 0 saturated heterocycles. The molecule has 0 aliphatic rings. The first kappa shape index (κ1) is 14.8. The van der Waals surface area contributed by atoms with Gasteiger partial charge in [-0.1, -0.05) is 18.2 Å². The van der Waals surface area contributed by atoms with Crippen LogP contribution in [0.4, 0.5) is 0 Å². The van der Waals surface area contributed by atoms with Crippen molar-refractivity contribution in [3.63, 3.8) is 0 Å². The number of aromatic nitrogens is 2. The normalized spacial score (nSPS) is 11.0. The van der Waals surface area contributed by atoms with Crippen LogP contribution in [0.2, 0.25) is 0 Å². The van der Waals surface area contributed by atoms with Crippen molar-refractivity contribution in [2.45, 2.75) is 19.8 Å². The number of aryl methyl sites for hydroxylation is 2. The fourth-order valence-electron chi connectivity index (χ4n) is 2.65. The topological polar surface area (TPSA) is 46.9 Å². The minimum atomic E-state index is 0.0586. The number of nitrogens with zero attached hydrogens (tertiary/aromatic N) is 2. The fourth-order valence-corrected chi connectivity index (χ4v) is 3.30. The number of nitrogens with one attached hydrogen (secondary N) is 1. The van der Waals surface area contributed by atoms with Crippen molar-refractivity contribution >= 4 is 28.1 Å². The van der Waals surface area contributed by atoms with E-state index in [0.717, 1.165) is 33.6 Å². The summed E-state index contributed by atoms with van der Waals surface area (Å²) in [5.41, 5.74) is 3.27. The zero-order chi connectivity index (χ0) is 15.5. The first-order valence-corrected chi connectivity index (χ1v) is 8.22. The van der Waals surface area contributed by atoms with Gasteiger partial charge in [0.1, 0.15) is 0 Å². The summed E-state index contributed by atoms with van der Waals surface area (Å²) in [4.78, 5) is 16.5. The van der Waals surface area contributed by atoms with Gasteiger partial charge in [-0.3, -0.25) is 4.79 Å². The highest BCUT2D eigenvalue weighted by Crippen LogP contribution is 2.20. The maximum atomic E-state index is 12.1. The molecule has 1 N–H and O–H groups in total. The van der Waals surface area contributed by atoms with E-state index in [-0.39, 0.29) is 5.91 Å². The monoisotopic (exact) mass is 313 g/mol. The molecule has 0 aliphatic carbocycles. The van der Waals surface area contributed by atoms with Crippen LogP contribution in [-0.2, 0) is 24.7 Å². The van der Waals surface area contributed by atoms with Crippen molar-refractivity contribution in [2.24, 2.45) is 7.05 Å². The second-order valence-electron chi connectivity index (χ2n) is 5.42. The van der Waals surface area contributed by atoms with Crippen molar-refractivity contribution in [3.05, 3.63) is 52.1 Å². The van der Waals surface area contributed by atoms with Gasteiger partial charge < -0.3 is 9.88 Å². The van der Waals surface area contributed by atoms with Gasteiger partial charge in [-0.2, -0.15) is 0 Å². The summed E-state index contributed by atoms with van der Waals surface area (Å²) in [6.45, 7) is 2.63. The Morgan fingerprint density at radius 3 is 2.95 bits per heavy atom. The maximum Gasteiger partial charge on any atom is 0.224 e. The van der Waals surface area contributed by atoms with Crippen LogP contribution in [0, 0.1) is 6.92 Å². The molecular weight excluding hydrogens is 294 g/mol. The van der Waals surface area contributed by atoms with E-state index in [4.69, 9.17) is 0 Å². The van der Waals surface area contributed by atoms with E-state index in [1.54, 1.807) is 11.3 Å². The predicted molar refractivity (Wildman–Crippen MR) is 90.2 cm³/mol. The lowest BCUT2D eigenvalue weighted by molar-refractivity contribution is -0.120. The molecule has 0 fully saturated rings. The quantitative estimate of drug-likeness (QED) is 0.787. The number of rotatable bonds is 5. The smallest absolute Gasteiger partial charge is 0.224 e. The Morgan fingerprint density at radius 1 is 1.36 bits per heavy atom. The van der Waals surface area contributed by atoms with Crippen molar-refractivity contribution in [1.29, 1.82) is 0 Å². The summed E-state index contributed by atoms with van der Waals surface area (Å²) in [6, 6.07) is 8.16. The zero-order valence-corrected chi connectivity index (χ0v) is 13.6. The third-order valence-corrected chi connectivity index (χ3v) is 4.52. The number of carbonyl (C=O) groups excluding carboxylic acids is 1. The summed E-state index contributed by atoms with van der Waals surface area (Å²) >= 11 is 1.64. The Kier molecular flexibility index (Phi) is 4.24. The van der Waals surface area contributed by atoms with E-state index < -0.39 is 0 Å². The van der Waals surface area contributed by atoms with Crippen molar-refractivity contribution in [2.75, 3.05) is 6.54 Å². The van der Waals surface area contributed by atoms with Gasteiger partial charge in [-0.15, -0.1) is 11.3 Å². The molecule has 0 spiro atoms. The first-order valence-electron chi connectivity index (χ1n) is 7.34. The number of hydrogen-bond donors (Lipinski definition) is 1. The van der Waals surface area contributed by atoms with Gasteiger partial charge in [0, 0.05) is 42.5 Å². The Labute approximate surface area is 133 Å². The number of fused-ring (bicyclic) bond motifs is 1. The highest BCUT2D eigenvalue weighted by molar-refractivity contribution is 7.09. The molecule has 22 heavy (non-hydrogen) atoms. The molecule has 3 aromatic rings. The van der Waals surface area contributed by atoms with Crippen LogP contribution in [0.5, 0.6) is 0 Å². The summed E-state index contributed by atoms with van der Waals surface area (Å²) in [7, 11) is 2.01. The van der Waals surface area contributed by atoms with Gasteiger partial charge in [-0.05, 0) is 18.6 Å². The molecule has 0 unspecified atom stereocenters. The summed E-state index contributed by atoms with van der Waals surface area (Å²) < 4.78 is 2.07. The Balaban J connectivity index is 1.59. The van der Waals surface area contributed by atoms with Crippen LogP contribution in [0.3, 0.4) is 0 Å². The van der Waals surface area contributed by atoms with Crippen LogP contribution < -0.4 is 5.32 Å². The minimum Gasteiger partial charge on any atom is -0.355 e. The molecule has 0 saturated carbocycles. The Morgan fingerprint density at radius 2 is 2.18 bits per heavy atom. The van der Waals surface area contributed by atoms with Gasteiger partial charge in [0.15, 0.2) is 0 Å². The number of amides is 1. The molecule has 2 aromatic heterocycles. The van der Waals surface area contributed by atoms with Crippen LogP contribution in [0.15, 0.2) is 35.8 Å². The standard InChI is InChI=1S/C17H19N3OS/c1-12-19-14(11-22-12)7-8-18-17(21)9-13-10-20(2)16-6-4-3-5-15(13)16/h3-6,10-11H,7-9H2,1-2H3,(H,18,21). The minimum absolute atomic E-state index is 0.0586. The van der Waals surface area contributed by atoms with E-state index >= 15 is 0 Å². The Bertz CT molecular complexity index is 803. The van der Waals surface area contributed by atoms with Crippen molar-refractivity contribution in [3.8, 4) is 0 Å². The molecule has 1 amide bonds. The fraction of sp³-hybridized carbons (Fsp3) is 0.294. The number of carbonyl (C=O) groups is 1. The molecule has 2 heterocycles. The number of thiazole rings is 1. The van der Waals surface area contributed by atoms with Gasteiger partial charge >= 0.3 is 0 Å². The van der Waals surface area contributed by atoms with Crippen LogP contribution >= 0.6 is 11.3 Å². The predicted octanol–water partition coefficient (Wildman–Crippen LogP) is 2.84. The lowest BCUT2D eigenvalue weighted by Gasteiger charge is -2.03. The maximum absolute atomic E-state index is 12.1. The largest absolute Gasteiger partial charge is 0.355 e. The molecule has 3 rings (SSSR count). The number of benzene rings is 1. The molecule has 0 atom stereocenters. The molecule has 5 heteroatoms. The highest BCUT2D eigenvalue weighted by Gasteiger charge is 2.10. The van der Waals surface area contributed by atoms with Gasteiger partial charge in [-0.25, -0.2) is 4.98 Å². The zero-order valence-electron chi connectivity index (χ0n) is 12.8. The second kappa shape index (κ2) is 6.32. The third-order valence-electron chi connectivity index (χ3n) is 3.70. The van der Waals surface area contributed by atoms with Gasteiger partial charge in [0.2, 0.25) is 5.91 Å². The van der Waals surface area contributed by atoms with E-state index in [1.807, 2.05) is 37.7 Å². The van der Waals surface area contributed by atoms with E-state index in [9.17, 15) is 4.79 Å². The molecule has 0 radical (unpaired) electrons. The first-order chi connectivity index (χ1) is 10.6. The van der Waals surface area contributed by atoms with Crippen LogP contribution in [-0.4, -0.2) is 22.0 Å². The average Bonchev–Trinajstić information content (AvgIpc) is 3.04. The van der Waals surface area contributed by atoms with Gasteiger partial charge in [0.25, 0.3) is 0 Å². The van der Waals surface area contributed by atoms with Crippen LogP contribution in [0.1, 0.15) is 16.3 Å². The third kappa shape index (κ3) is 3.20.